The van der Waals surface area contributed by atoms with Crippen molar-refractivity contribution < 1.29 is 9.25 Å². The van der Waals surface area contributed by atoms with E-state index >= 15 is 0 Å². The maximum absolute atomic E-state index is 5.03. The molecule has 60 valence electrons. The first kappa shape index (κ1) is 6.88. The van der Waals surface area contributed by atoms with E-state index in [0.29, 0.717) is 6.61 Å². The van der Waals surface area contributed by atoms with Crippen LogP contribution in [0, 0.1) is 0 Å². The van der Waals surface area contributed by atoms with Crippen LogP contribution in [0.2, 0.25) is 0 Å². The second-order valence-electron chi connectivity index (χ2n) is 3.10. The second kappa shape index (κ2) is 2.36. The molecule has 0 aromatic carbocycles. The van der Waals surface area contributed by atoms with Gasteiger partial charge in [0.1, 0.15) is 0 Å². The molecule has 3 nitrogen and oxygen atoms in total. The third-order valence-corrected chi connectivity index (χ3v) is 2.35. The Labute approximate surface area is 65.1 Å². The molecule has 1 aromatic heterocycles. The van der Waals surface area contributed by atoms with Gasteiger partial charge in [-0.2, -0.15) is 0 Å². The number of nitrogens with two attached hydrogens (primary N) is 1. The van der Waals surface area contributed by atoms with E-state index in [1.54, 1.807) is 12.5 Å². The zero-order valence-electron chi connectivity index (χ0n) is 6.25. The minimum absolute atomic E-state index is 0.182. The summed E-state index contributed by atoms with van der Waals surface area (Å²) in [6, 6.07) is 1.98. The Morgan fingerprint density at radius 2 is 2.45 bits per heavy atom. The van der Waals surface area contributed by atoms with E-state index in [4.69, 9.17) is 10.3 Å². The zero-order chi connectivity index (χ0) is 7.73. The molecule has 1 saturated carbocycles. The lowest BCUT2D eigenvalue weighted by Gasteiger charge is -2.09. The summed E-state index contributed by atoms with van der Waals surface area (Å²) in [5.74, 6) is 5.03. The summed E-state index contributed by atoms with van der Waals surface area (Å²) in [5, 5.41) is 0. The van der Waals surface area contributed by atoms with Crippen LogP contribution in [0.4, 0.5) is 0 Å². The van der Waals surface area contributed by atoms with E-state index < -0.39 is 0 Å². The number of hydrogen-bond donors (Lipinski definition) is 1. The largest absolute Gasteiger partial charge is 0.472 e. The summed E-state index contributed by atoms with van der Waals surface area (Å²) in [7, 11) is 0. The zero-order valence-corrected chi connectivity index (χ0v) is 6.25. The Morgan fingerprint density at radius 1 is 1.64 bits per heavy atom. The summed E-state index contributed by atoms with van der Waals surface area (Å²) < 4.78 is 4.99. The van der Waals surface area contributed by atoms with Crippen LogP contribution < -0.4 is 5.90 Å². The van der Waals surface area contributed by atoms with Gasteiger partial charge in [-0.3, -0.25) is 0 Å². The predicted molar refractivity (Wildman–Crippen MR) is 39.8 cm³/mol. The van der Waals surface area contributed by atoms with Crippen molar-refractivity contribution in [2.24, 2.45) is 5.90 Å². The molecule has 0 unspecified atom stereocenters. The lowest BCUT2D eigenvalue weighted by Crippen LogP contribution is -2.17. The Balaban J connectivity index is 2.15. The molecule has 1 aromatic rings. The van der Waals surface area contributed by atoms with E-state index in [9.17, 15) is 0 Å². The second-order valence-corrected chi connectivity index (χ2v) is 3.10. The first-order valence-corrected chi connectivity index (χ1v) is 3.72. The lowest BCUT2D eigenvalue weighted by molar-refractivity contribution is 0.116. The van der Waals surface area contributed by atoms with Gasteiger partial charge in [0, 0.05) is 5.41 Å². The van der Waals surface area contributed by atoms with Crippen LogP contribution in [0.15, 0.2) is 23.0 Å². The summed E-state index contributed by atoms with van der Waals surface area (Å²) in [5.41, 5.74) is 1.39. The fraction of sp³-hybridized carbons (Fsp3) is 0.500. The van der Waals surface area contributed by atoms with Gasteiger partial charge in [0.25, 0.3) is 0 Å². The van der Waals surface area contributed by atoms with Gasteiger partial charge in [-0.15, -0.1) is 0 Å². The van der Waals surface area contributed by atoms with E-state index in [-0.39, 0.29) is 5.41 Å². The molecule has 2 rings (SSSR count). The maximum Gasteiger partial charge on any atom is 0.0941 e. The molecule has 0 saturated heterocycles. The summed E-state index contributed by atoms with van der Waals surface area (Å²) in [6.07, 6.45) is 5.77. The fourth-order valence-electron chi connectivity index (χ4n) is 1.39. The quantitative estimate of drug-likeness (QED) is 0.664. The Kier molecular flexibility index (Phi) is 1.47. The highest BCUT2D eigenvalue weighted by molar-refractivity contribution is 5.27. The molecule has 2 N–H and O–H groups in total. The van der Waals surface area contributed by atoms with Crippen molar-refractivity contribution in [2.45, 2.75) is 18.3 Å². The monoisotopic (exact) mass is 153 g/mol. The maximum atomic E-state index is 5.03. The summed E-state index contributed by atoms with van der Waals surface area (Å²) >= 11 is 0. The van der Waals surface area contributed by atoms with E-state index in [1.165, 1.54) is 5.56 Å². The highest BCUT2D eigenvalue weighted by Gasteiger charge is 2.45. The minimum Gasteiger partial charge on any atom is -0.472 e. The lowest BCUT2D eigenvalue weighted by atomic mass is 10.0. The van der Waals surface area contributed by atoms with Crippen LogP contribution in [0.3, 0.4) is 0 Å². The number of rotatable bonds is 3. The van der Waals surface area contributed by atoms with Crippen LogP contribution >= 0.6 is 0 Å². The van der Waals surface area contributed by atoms with Crippen LogP contribution in [0.1, 0.15) is 18.4 Å². The molecule has 0 atom stereocenters. The highest BCUT2D eigenvalue weighted by Crippen LogP contribution is 2.48. The van der Waals surface area contributed by atoms with Gasteiger partial charge in [-0.05, 0) is 24.5 Å². The molecule has 11 heavy (non-hydrogen) atoms. The molecule has 1 heterocycles. The first-order chi connectivity index (χ1) is 5.37. The Hall–Kier alpha value is -0.800. The molecule has 1 fully saturated rings. The molecule has 0 radical (unpaired) electrons. The van der Waals surface area contributed by atoms with Crippen molar-refractivity contribution >= 4 is 0 Å². The van der Waals surface area contributed by atoms with Gasteiger partial charge >= 0.3 is 0 Å². The molecule has 0 bridgehead atoms. The molecule has 1 aliphatic carbocycles. The smallest absolute Gasteiger partial charge is 0.0941 e. The number of hydrogen-bond acceptors (Lipinski definition) is 3. The Morgan fingerprint density at radius 3 is 2.91 bits per heavy atom. The van der Waals surface area contributed by atoms with Gasteiger partial charge in [-0.1, -0.05) is 0 Å². The molecule has 0 amide bonds. The number of furan rings is 1. The van der Waals surface area contributed by atoms with Gasteiger partial charge in [0.2, 0.25) is 0 Å². The van der Waals surface area contributed by atoms with Gasteiger partial charge in [0.15, 0.2) is 0 Å². The van der Waals surface area contributed by atoms with Crippen molar-refractivity contribution in [2.75, 3.05) is 6.61 Å². The topological polar surface area (TPSA) is 48.4 Å². The molecule has 0 spiro atoms. The van der Waals surface area contributed by atoms with Crippen molar-refractivity contribution in [3.05, 3.63) is 24.2 Å². The van der Waals surface area contributed by atoms with Crippen molar-refractivity contribution in [3.8, 4) is 0 Å². The molecule has 1 aliphatic rings. The molecule has 0 aliphatic heterocycles. The van der Waals surface area contributed by atoms with Crippen LogP contribution in [-0.4, -0.2) is 6.61 Å². The predicted octanol–water partition coefficient (Wildman–Crippen LogP) is 1.20. The van der Waals surface area contributed by atoms with Crippen molar-refractivity contribution in [1.82, 2.24) is 0 Å². The third kappa shape index (κ3) is 1.06. The van der Waals surface area contributed by atoms with E-state index in [2.05, 4.69) is 4.84 Å². The fourth-order valence-corrected chi connectivity index (χ4v) is 1.39. The highest BCUT2D eigenvalue weighted by atomic mass is 16.6. The van der Waals surface area contributed by atoms with Crippen LogP contribution in [0.5, 0.6) is 0 Å². The van der Waals surface area contributed by atoms with Gasteiger partial charge in [-0.25, -0.2) is 5.90 Å². The van der Waals surface area contributed by atoms with E-state index in [0.717, 1.165) is 12.8 Å². The van der Waals surface area contributed by atoms with Gasteiger partial charge in [0.05, 0.1) is 19.1 Å². The normalized spacial score (nSPS) is 20.1. The van der Waals surface area contributed by atoms with E-state index in [1.807, 2.05) is 6.07 Å². The molecule has 3 heteroatoms. The summed E-state index contributed by atoms with van der Waals surface area (Å²) in [6.45, 7) is 0.604. The minimum atomic E-state index is 0.182. The van der Waals surface area contributed by atoms with Crippen molar-refractivity contribution in [3.63, 3.8) is 0 Å². The summed E-state index contributed by atoms with van der Waals surface area (Å²) in [4.78, 5) is 4.65. The van der Waals surface area contributed by atoms with Crippen LogP contribution in [0.25, 0.3) is 0 Å². The van der Waals surface area contributed by atoms with Crippen molar-refractivity contribution in [1.29, 1.82) is 0 Å². The standard InChI is InChI=1S/C8H11NO2/c9-11-6-8(2-3-8)7-1-4-10-5-7/h1,4-5H,2-3,6,9H2. The van der Waals surface area contributed by atoms with Gasteiger partial charge < -0.3 is 9.25 Å². The first-order valence-electron chi connectivity index (χ1n) is 3.72. The molecular weight excluding hydrogens is 142 g/mol. The third-order valence-electron chi connectivity index (χ3n) is 2.35. The Bertz CT molecular complexity index is 226. The molecular formula is C8H11NO2. The van der Waals surface area contributed by atoms with Crippen LogP contribution in [-0.2, 0) is 10.3 Å². The average molecular weight is 153 g/mol. The average Bonchev–Trinajstić information content (AvgIpc) is 2.63. The SMILES string of the molecule is NOCC1(c2ccoc2)CC1.